The maximum Gasteiger partial charge on any atom is 0.317 e. The molecule has 0 aliphatic carbocycles. The number of hydrogen-bond acceptors (Lipinski definition) is 2. The fraction of sp³-hybridized carbons (Fsp3) is 0.500. The molecule has 1 aromatic rings. The first-order valence-corrected chi connectivity index (χ1v) is 7.41. The van der Waals surface area contributed by atoms with Crippen LogP contribution in [0.4, 0.5) is 10.5 Å². The molecule has 1 aromatic carbocycles. The predicted molar refractivity (Wildman–Crippen MR) is 81.6 cm³/mol. The number of carbonyl (C=O) groups is 1. The van der Waals surface area contributed by atoms with E-state index < -0.39 is 0 Å². The number of amides is 2. The minimum Gasteiger partial charge on any atom is -0.368 e. The van der Waals surface area contributed by atoms with Gasteiger partial charge in [0.05, 0.1) is 0 Å². The van der Waals surface area contributed by atoms with Crippen molar-refractivity contribution in [2.45, 2.75) is 19.9 Å². The lowest BCUT2D eigenvalue weighted by Gasteiger charge is -2.36. The quantitative estimate of drug-likeness (QED) is 0.907. The molecule has 1 aliphatic rings. The Balaban J connectivity index is 1.88. The van der Waals surface area contributed by atoms with Gasteiger partial charge in [0.25, 0.3) is 0 Å². The Kier molecular flexibility index (Phi) is 4.69. The number of halogens is 1. The van der Waals surface area contributed by atoms with E-state index in [1.165, 1.54) is 5.69 Å². The number of carbonyl (C=O) groups excluding carboxylic acids is 1. The molecule has 1 heterocycles. The molecule has 5 heteroatoms. The molecule has 0 radical (unpaired) electrons. The Hall–Kier alpha value is -1.23. The van der Waals surface area contributed by atoms with Crippen molar-refractivity contribution in [3.05, 3.63) is 28.7 Å². The van der Waals surface area contributed by atoms with Crippen LogP contribution in [0.1, 0.15) is 13.8 Å². The average Bonchev–Trinajstić information content (AvgIpc) is 2.39. The zero-order chi connectivity index (χ0) is 13.8. The van der Waals surface area contributed by atoms with Crippen molar-refractivity contribution in [1.29, 1.82) is 0 Å². The van der Waals surface area contributed by atoms with Gasteiger partial charge in [-0.05, 0) is 38.1 Å². The molecule has 2 amide bonds. The molecule has 1 aliphatic heterocycles. The zero-order valence-electron chi connectivity index (χ0n) is 11.4. The van der Waals surface area contributed by atoms with Crippen LogP contribution >= 0.6 is 15.9 Å². The monoisotopic (exact) mass is 325 g/mol. The summed E-state index contributed by atoms with van der Waals surface area (Å²) in [5.74, 6) is 0. The second-order valence-electron chi connectivity index (χ2n) is 5.05. The van der Waals surface area contributed by atoms with Crippen LogP contribution in [0, 0.1) is 0 Å². The number of nitrogens with one attached hydrogen (secondary N) is 1. The van der Waals surface area contributed by atoms with Crippen molar-refractivity contribution in [1.82, 2.24) is 10.2 Å². The molecule has 0 bridgehead atoms. The summed E-state index contributed by atoms with van der Waals surface area (Å²) in [5, 5.41) is 2.94. The highest BCUT2D eigenvalue weighted by atomic mass is 79.9. The summed E-state index contributed by atoms with van der Waals surface area (Å²) in [6.45, 7) is 7.27. The predicted octanol–water partition coefficient (Wildman–Crippen LogP) is 2.69. The molecule has 0 unspecified atom stereocenters. The summed E-state index contributed by atoms with van der Waals surface area (Å²) in [4.78, 5) is 16.1. The summed E-state index contributed by atoms with van der Waals surface area (Å²) in [7, 11) is 0. The smallest absolute Gasteiger partial charge is 0.317 e. The van der Waals surface area contributed by atoms with E-state index >= 15 is 0 Å². The van der Waals surface area contributed by atoms with Crippen LogP contribution in [0.25, 0.3) is 0 Å². The number of rotatable bonds is 2. The normalized spacial score (nSPS) is 15.8. The van der Waals surface area contributed by atoms with Crippen molar-refractivity contribution >= 4 is 27.6 Å². The Morgan fingerprint density at radius 3 is 2.26 bits per heavy atom. The van der Waals surface area contributed by atoms with Crippen LogP contribution in [0.5, 0.6) is 0 Å². The molecular weight excluding hydrogens is 306 g/mol. The van der Waals surface area contributed by atoms with Gasteiger partial charge in [-0.25, -0.2) is 4.79 Å². The first-order valence-electron chi connectivity index (χ1n) is 6.62. The second-order valence-corrected chi connectivity index (χ2v) is 5.97. The van der Waals surface area contributed by atoms with Gasteiger partial charge in [0.2, 0.25) is 0 Å². The van der Waals surface area contributed by atoms with Crippen molar-refractivity contribution in [2.75, 3.05) is 31.1 Å². The Morgan fingerprint density at radius 2 is 1.74 bits per heavy atom. The number of piperazine rings is 1. The van der Waals surface area contributed by atoms with E-state index in [1.54, 1.807) is 0 Å². The summed E-state index contributed by atoms with van der Waals surface area (Å²) in [6.07, 6.45) is 0. The highest BCUT2D eigenvalue weighted by molar-refractivity contribution is 9.10. The van der Waals surface area contributed by atoms with Gasteiger partial charge in [0, 0.05) is 42.4 Å². The molecule has 0 aromatic heterocycles. The van der Waals surface area contributed by atoms with Crippen molar-refractivity contribution < 1.29 is 4.79 Å². The van der Waals surface area contributed by atoms with Crippen LogP contribution in [0.3, 0.4) is 0 Å². The van der Waals surface area contributed by atoms with Crippen molar-refractivity contribution in [3.8, 4) is 0 Å². The standard InChI is InChI=1S/C14H20BrN3O/c1-11(2)16-14(19)18-9-7-17(8-10-18)13-5-3-12(15)4-6-13/h3-6,11H,7-10H2,1-2H3,(H,16,19). The lowest BCUT2D eigenvalue weighted by Crippen LogP contribution is -2.52. The van der Waals surface area contributed by atoms with E-state index in [2.05, 4.69) is 38.3 Å². The molecule has 0 atom stereocenters. The zero-order valence-corrected chi connectivity index (χ0v) is 13.0. The van der Waals surface area contributed by atoms with Gasteiger partial charge in [-0.15, -0.1) is 0 Å². The van der Waals surface area contributed by atoms with Gasteiger partial charge in [-0.3, -0.25) is 0 Å². The van der Waals surface area contributed by atoms with E-state index in [4.69, 9.17) is 0 Å². The molecule has 4 nitrogen and oxygen atoms in total. The lowest BCUT2D eigenvalue weighted by atomic mass is 10.2. The average molecular weight is 326 g/mol. The van der Waals surface area contributed by atoms with Crippen LogP contribution in [0.15, 0.2) is 28.7 Å². The Morgan fingerprint density at radius 1 is 1.16 bits per heavy atom. The molecule has 1 saturated heterocycles. The first-order chi connectivity index (χ1) is 9.06. The van der Waals surface area contributed by atoms with Gasteiger partial charge in [-0.2, -0.15) is 0 Å². The number of benzene rings is 1. The number of urea groups is 1. The molecule has 19 heavy (non-hydrogen) atoms. The van der Waals surface area contributed by atoms with E-state index in [-0.39, 0.29) is 12.1 Å². The van der Waals surface area contributed by atoms with E-state index in [1.807, 2.05) is 30.9 Å². The van der Waals surface area contributed by atoms with Crippen LogP contribution in [-0.4, -0.2) is 43.2 Å². The lowest BCUT2D eigenvalue weighted by molar-refractivity contribution is 0.192. The maximum absolute atomic E-state index is 11.9. The van der Waals surface area contributed by atoms with Crippen molar-refractivity contribution in [3.63, 3.8) is 0 Å². The van der Waals surface area contributed by atoms with E-state index in [0.717, 1.165) is 30.7 Å². The Labute approximate surface area is 122 Å². The van der Waals surface area contributed by atoms with Crippen LogP contribution in [0.2, 0.25) is 0 Å². The molecular formula is C14H20BrN3O. The summed E-state index contributed by atoms with van der Waals surface area (Å²) >= 11 is 3.44. The SMILES string of the molecule is CC(C)NC(=O)N1CCN(c2ccc(Br)cc2)CC1. The van der Waals surface area contributed by atoms with Crippen LogP contribution in [-0.2, 0) is 0 Å². The largest absolute Gasteiger partial charge is 0.368 e. The third-order valence-electron chi connectivity index (χ3n) is 3.17. The minimum absolute atomic E-state index is 0.0467. The van der Waals surface area contributed by atoms with Gasteiger partial charge in [0.15, 0.2) is 0 Å². The third kappa shape index (κ3) is 3.86. The topological polar surface area (TPSA) is 35.6 Å². The van der Waals surface area contributed by atoms with Crippen molar-refractivity contribution in [2.24, 2.45) is 0 Å². The summed E-state index contributed by atoms with van der Waals surface area (Å²) in [5.41, 5.74) is 1.21. The fourth-order valence-electron chi connectivity index (χ4n) is 2.16. The van der Waals surface area contributed by atoms with E-state index in [9.17, 15) is 4.79 Å². The first kappa shape index (κ1) is 14.2. The van der Waals surface area contributed by atoms with Crippen LogP contribution < -0.4 is 10.2 Å². The summed E-state index contributed by atoms with van der Waals surface area (Å²) in [6, 6.07) is 8.55. The third-order valence-corrected chi connectivity index (χ3v) is 3.70. The van der Waals surface area contributed by atoms with Gasteiger partial charge in [0.1, 0.15) is 0 Å². The minimum atomic E-state index is 0.0467. The van der Waals surface area contributed by atoms with Gasteiger partial charge in [-0.1, -0.05) is 15.9 Å². The summed E-state index contributed by atoms with van der Waals surface area (Å²) < 4.78 is 1.09. The fourth-order valence-corrected chi connectivity index (χ4v) is 2.42. The molecule has 104 valence electrons. The molecule has 0 saturated carbocycles. The number of hydrogen-bond donors (Lipinski definition) is 1. The van der Waals surface area contributed by atoms with E-state index in [0.29, 0.717) is 0 Å². The molecule has 1 N–H and O–H groups in total. The molecule has 0 spiro atoms. The highest BCUT2D eigenvalue weighted by Crippen LogP contribution is 2.19. The van der Waals surface area contributed by atoms with Gasteiger partial charge < -0.3 is 15.1 Å². The molecule has 2 rings (SSSR count). The second kappa shape index (κ2) is 6.28. The maximum atomic E-state index is 11.9. The highest BCUT2D eigenvalue weighted by Gasteiger charge is 2.21. The van der Waals surface area contributed by atoms with Gasteiger partial charge >= 0.3 is 6.03 Å². The Bertz CT molecular complexity index is 425. The number of anilines is 1. The molecule has 1 fully saturated rings. The number of nitrogens with zero attached hydrogens (tertiary/aromatic N) is 2.